The Morgan fingerprint density at radius 2 is 2.29 bits per heavy atom. The van der Waals surface area contributed by atoms with Gasteiger partial charge in [0.2, 0.25) is 0 Å². The third-order valence-corrected chi connectivity index (χ3v) is 3.29. The lowest BCUT2D eigenvalue weighted by molar-refractivity contribution is 0.833. The van der Waals surface area contributed by atoms with Gasteiger partial charge in [-0.3, -0.25) is 0 Å². The Bertz CT molecular complexity index is 439. The molecule has 0 aliphatic heterocycles. The zero-order chi connectivity index (χ0) is 9.97. The number of hydrogen-bond acceptors (Lipinski definition) is 3. The quantitative estimate of drug-likeness (QED) is 0.874. The molecule has 0 aliphatic rings. The van der Waals surface area contributed by atoms with Gasteiger partial charge in [0.25, 0.3) is 0 Å². The lowest BCUT2D eigenvalue weighted by Crippen LogP contribution is -2.00. The van der Waals surface area contributed by atoms with E-state index in [1.807, 2.05) is 11.6 Å². The van der Waals surface area contributed by atoms with Crippen LogP contribution in [0.2, 0.25) is 5.02 Å². The van der Waals surface area contributed by atoms with Crippen LogP contribution in [0.5, 0.6) is 0 Å². The van der Waals surface area contributed by atoms with Crippen molar-refractivity contribution in [1.82, 2.24) is 4.98 Å². The molecular formula is C10H11ClN2S. The van der Waals surface area contributed by atoms with Crippen molar-refractivity contribution in [3.63, 3.8) is 0 Å². The number of aryl methyl sites for hydroxylation is 1. The second-order valence-electron chi connectivity index (χ2n) is 3.16. The van der Waals surface area contributed by atoms with Crippen molar-refractivity contribution in [1.29, 1.82) is 0 Å². The molecular weight excluding hydrogens is 216 g/mol. The summed E-state index contributed by atoms with van der Waals surface area (Å²) in [6.07, 6.45) is 1.90. The maximum atomic E-state index is 6.13. The van der Waals surface area contributed by atoms with E-state index in [-0.39, 0.29) is 0 Å². The molecule has 0 saturated heterocycles. The van der Waals surface area contributed by atoms with Gasteiger partial charge in [0.1, 0.15) is 0 Å². The van der Waals surface area contributed by atoms with Crippen LogP contribution in [-0.4, -0.2) is 11.5 Å². The first-order valence-electron chi connectivity index (χ1n) is 4.53. The Balaban J connectivity index is 2.38. The van der Waals surface area contributed by atoms with Gasteiger partial charge in [0.05, 0.1) is 15.7 Å². The highest BCUT2D eigenvalue weighted by Crippen LogP contribution is 2.26. The van der Waals surface area contributed by atoms with E-state index in [2.05, 4.69) is 11.1 Å². The van der Waals surface area contributed by atoms with E-state index in [1.54, 1.807) is 11.3 Å². The molecule has 14 heavy (non-hydrogen) atoms. The summed E-state index contributed by atoms with van der Waals surface area (Å²) in [4.78, 5) is 4.26. The number of fused-ring (bicyclic) bond motifs is 1. The van der Waals surface area contributed by atoms with Crippen molar-refractivity contribution in [2.75, 3.05) is 6.54 Å². The van der Waals surface area contributed by atoms with Gasteiger partial charge in [-0.15, -0.1) is 11.3 Å². The Morgan fingerprint density at radius 3 is 3.07 bits per heavy atom. The van der Waals surface area contributed by atoms with Gasteiger partial charge in [-0.1, -0.05) is 11.6 Å². The normalized spacial score (nSPS) is 11.0. The zero-order valence-electron chi connectivity index (χ0n) is 7.66. The molecule has 1 heterocycles. The van der Waals surface area contributed by atoms with Crippen LogP contribution in [0.15, 0.2) is 17.6 Å². The molecule has 0 aliphatic carbocycles. The van der Waals surface area contributed by atoms with Crippen molar-refractivity contribution in [3.05, 3.63) is 28.2 Å². The lowest BCUT2D eigenvalue weighted by Gasteiger charge is -2.02. The maximum Gasteiger partial charge on any atom is 0.0815 e. The van der Waals surface area contributed by atoms with Crippen LogP contribution in [0.4, 0.5) is 0 Å². The molecule has 2 rings (SSSR count). The smallest absolute Gasteiger partial charge is 0.0815 e. The second kappa shape index (κ2) is 4.26. The summed E-state index contributed by atoms with van der Waals surface area (Å²) >= 11 is 7.75. The summed E-state index contributed by atoms with van der Waals surface area (Å²) in [7, 11) is 0. The monoisotopic (exact) mass is 226 g/mol. The number of nitrogens with zero attached hydrogens (tertiary/aromatic N) is 1. The third kappa shape index (κ3) is 1.90. The minimum Gasteiger partial charge on any atom is -0.330 e. The van der Waals surface area contributed by atoms with Gasteiger partial charge in [-0.2, -0.15) is 0 Å². The molecule has 1 aromatic carbocycles. The molecule has 74 valence electrons. The van der Waals surface area contributed by atoms with Crippen LogP contribution in [0.1, 0.15) is 12.0 Å². The van der Waals surface area contributed by atoms with Crippen molar-refractivity contribution in [2.24, 2.45) is 5.73 Å². The average molecular weight is 227 g/mol. The van der Waals surface area contributed by atoms with E-state index >= 15 is 0 Å². The molecule has 2 nitrogen and oxygen atoms in total. The van der Waals surface area contributed by atoms with E-state index in [9.17, 15) is 0 Å². The van der Waals surface area contributed by atoms with Gasteiger partial charge in [-0.05, 0) is 37.1 Å². The summed E-state index contributed by atoms with van der Waals surface area (Å²) in [5, 5.41) is 0.829. The molecule has 0 spiro atoms. The highest BCUT2D eigenvalue weighted by Gasteiger charge is 2.04. The molecule has 0 atom stereocenters. The van der Waals surface area contributed by atoms with E-state index in [0.717, 1.165) is 33.6 Å². The number of rotatable bonds is 3. The molecule has 1 aromatic heterocycles. The number of thiazole rings is 1. The number of halogens is 1. The standard InChI is InChI=1S/C10H11ClN2S/c11-8-5-10-9(13-6-14-10)4-7(8)2-1-3-12/h4-6H,1-3,12H2. The Morgan fingerprint density at radius 1 is 1.43 bits per heavy atom. The summed E-state index contributed by atoms with van der Waals surface area (Å²) < 4.78 is 1.14. The van der Waals surface area contributed by atoms with Gasteiger partial charge in [0, 0.05) is 5.02 Å². The molecule has 0 bridgehead atoms. The third-order valence-electron chi connectivity index (χ3n) is 2.15. The van der Waals surface area contributed by atoms with Crippen LogP contribution in [0.25, 0.3) is 10.2 Å². The first-order valence-corrected chi connectivity index (χ1v) is 5.78. The zero-order valence-corrected chi connectivity index (χ0v) is 9.24. The predicted molar refractivity (Wildman–Crippen MR) is 62.0 cm³/mol. The van der Waals surface area contributed by atoms with Gasteiger partial charge >= 0.3 is 0 Å². The number of aromatic nitrogens is 1. The summed E-state index contributed by atoms with van der Waals surface area (Å²) in [6, 6.07) is 4.05. The van der Waals surface area contributed by atoms with Crippen LogP contribution in [-0.2, 0) is 6.42 Å². The number of hydrogen-bond donors (Lipinski definition) is 1. The molecule has 0 unspecified atom stereocenters. The first kappa shape index (κ1) is 9.90. The van der Waals surface area contributed by atoms with Crippen molar-refractivity contribution in [2.45, 2.75) is 12.8 Å². The number of nitrogens with two attached hydrogens (primary N) is 1. The van der Waals surface area contributed by atoms with Crippen molar-refractivity contribution in [3.8, 4) is 0 Å². The van der Waals surface area contributed by atoms with Crippen LogP contribution >= 0.6 is 22.9 Å². The highest BCUT2D eigenvalue weighted by atomic mass is 35.5. The minimum atomic E-state index is 0.700. The highest BCUT2D eigenvalue weighted by molar-refractivity contribution is 7.16. The van der Waals surface area contributed by atoms with Crippen LogP contribution in [0.3, 0.4) is 0 Å². The fourth-order valence-electron chi connectivity index (χ4n) is 1.41. The fraction of sp³-hybridized carbons (Fsp3) is 0.300. The molecule has 0 saturated carbocycles. The Labute approximate surface area is 91.7 Å². The maximum absolute atomic E-state index is 6.13. The average Bonchev–Trinajstić information content (AvgIpc) is 2.61. The topological polar surface area (TPSA) is 38.9 Å². The Kier molecular flexibility index (Phi) is 3.01. The van der Waals surface area contributed by atoms with Gasteiger partial charge in [-0.25, -0.2) is 4.98 Å². The number of benzene rings is 1. The summed E-state index contributed by atoms with van der Waals surface area (Å²) in [6.45, 7) is 0.700. The lowest BCUT2D eigenvalue weighted by atomic mass is 10.1. The van der Waals surface area contributed by atoms with Gasteiger partial charge < -0.3 is 5.73 Å². The van der Waals surface area contributed by atoms with Gasteiger partial charge in [0.15, 0.2) is 0 Å². The van der Waals surface area contributed by atoms with E-state index in [1.165, 1.54) is 0 Å². The Hall–Kier alpha value is -0.640. The minimum absolute atomic E-state index is 0.700. The van der Waals surface area contributed by atoms with E-state index in [4.69, 9.17) is 17.3 Å². The van der Waals surface area contributed by atoms with Crippen molar-refractivity contribution >= 4 is 33.2 Å². The van der Waals surface area contributed by atoms with Crippen molar-refractivity contribution < 1.29 is 0 Å². The molecule has 2 aromatic rings. The molecule has 2 N–H and O–H groups in total. The molecule has 0 amide bonds. The predicted octanol–water partition coefficient (Wildman–Crippen LogP) is 2.84. The second-order valence-corrected chi connectivity index (χ2v) is 4.45. The first-order chi connectivity index (χ1) is 6.81. The SMILES string of the molecule is NCCCc1cc2ncsc2cc1Cl. The molecule has 4 heteroatoms. The van der Waals surface area contributed by atoms with E-state index < -0.39 is 0 Å². The molecule has 0 radical (unpaired) electrons. The summed E-state index contributed by atoms with van der Waals surface area (Å²) in [5.41, 5.74) is 9.49. The van der Waals surface area contributed by atoms with E-state index in [0.29, 0.717) is 6.54 Å². The summed E-state index contributed by atoms with van der Waals surface area (Å²) in [5.74, 6) is 0. The molecule has 0 fully saturated rings. The largest absolute Gasteiger partial charge is 0.330 e. The van der Waals surface area contributed by atoms with Crippen LogP contribution in [0, 0.1) is 0 Å². The fourth-order valence-corrected chi connectivity index (χ4v) is 2.43. The van der Waals surface area contributed by atoms with Crippen LogP contribution < -0.4 is 5.73 Å².